The van der Waals surface area contributed by atoms with Crippen LogP contribution in [0.4, 0.5) is 5.69 Å². The Hall–Kier alpha value is -1.84. The summed E-state index contributed by atoms with van der Waals surface area (Å²) in [5.74, 6) is 0.0626. The lowest BCUT2D eigenvalue weighted by Gasteiger charge is -2.23. The first-order valence-electron chi connectivity index (χ1n) is 7.13. The largest absolute Gasteiger partial charge is 0.342 e. The number of carbonyl (C=O) groups excluding carboxylic acids is 2. The van der Waals surface area contributed by atoms with Gasteiger partial charge < -0.3 is 9.80 Å². The minimum atomic E-state index is 0.0268. The maximum absolute atomic E-state index is 12.1. The number of benzene rings is 1. The van der Waals surface area contributed by atoms with Gasteiger partial charge in [-0.2, -0.15) is 0 Å². The fourth-order valence-electron chi connectivity index (χ4n) is 1.97. The van der Waals surface area contributed by atoms with Crippen LogP contribution in [0, 0.1) is 0 Å². The van der Waals surface area contributed by atoms with E-state index in [1.54, 1.807) is 23.8 Å². The molecule has 20 heavy (non-hydrogen) atoms. The van der Waals surface area contributed by atoms with Gasteiger partial charge in [0.05, 0.1) is 0 Å². The van der Waals surface area contributed by atoms with E-state index in [0.717, 1.165) is 25.1 Å². The van der Waals surface area contributed by atoms with E-state index in [1.165, 1.54) is 0 Å². The number of amides is 2. The van der Waals surface area contributed by atoms with Crippen molar-refractivity contribution in [3.8, 4) is 0 Å². The molecule has 4 nitrogen and oxygen atoms in total. The molecule has 0 aromatic heterocycles. The van der Waals surface area contributed by atoms with Crippen LogP contribution in [0.2, 0.25) is 0 Å². The molecule has 1 aromatic rings. The smallest absolute Gasteiger partial charge is 0.228 e. The van der Waals surface area contributed by atoms with E-state index in [4.69, 9.17) is 0 Å². The molecule has 0 fully saturated rings. The molecule has 0 saturated heterocycles. The molecule has 1 aromatic carbocycles. The number of anilines is 1. The van der Waals surface area contributed by atoms with Gasteiger partial charge in [-0.05, 0) is 18.6 Å². The van der Waals surface area contributed by atoms with Crippen LogP contribution in [0.5, 0.6) is 0 Å². The predicted octanol–water partition coefficient (Wildman–Crippen LogP) is 2.69. The van der Waals surface area contributed by atoms with Gasteiger partial charge in [-0.25, -0.2) is 0 Å². The number of hydrogen-bond acceptors (Lipinski definition) is 2. The van der Waals surface area contributed by atoms with E-state index in [0.29, 0.717) is 13.0 Å². The van der Waals surface area contributed by atoms with Crippen LogP contribution < -0.4 is 4.90 Å². The van der Waals surface area contributed by atoms with E-state index in [1.807, 2.05) is 30.3 Å². The molecule has 0 unspecified atom stereocenters. The molecule has 0 radical (unpaired) electrons. The fraction of sp³-hybridized carbons (Fsp3) is 0.500. The maximum Gasteiger partial charge on any atom is 0.228 e. The zero-order chi connectivity index (χ0) is 15.0. The number of hydrogen-bond donors (Lipinski definition) is 0. The summed E-state index contributed by atoms with van der Waals surface area (Å²) in [6, 6.07) is 9.53. The van der Waals surface area contributed by atoms with Gasteiger partial charge in [0.1, 0.15) is 0 Å². The summed E-state index contributed by atoms with van der Waals surface area (Å²) >= 11 is 0. The summed E-state index contributed by atoms with van der Waals surface area (Å²) in [6.07, 6.45) is 2.37. The van der Waals surface area contributed by atoms with E-state index in [9.17, 15) is 9.59 Å². The lowest BCUT2D eigenvalue weighted by Crippen LogP contribution is -2.35. The highest BCUT2D eigenvalue weighted by Gasteiger charge is 2.14. The van der Waals surface area contributed by atoms with Crippen molar-refractivity contribution in [1.29, 1.82) is 0 Å². The third kappa shape index (κ3) is 5.03. The minimum Gasteiger partial charge on any atom is -0.342 e. The normalized spacial score (nSPS) is 10.2. The second kappa shape index (κ2) is 8.35. The first-order chi connectivity index (χ1) is 9.56. The summed E-state index contributed by atoms with van der Waals surface area (Å²) in [7, 11) is 1.77. The van der Waals surface area contributed by atoms with Gasteiger partial charge in [0.25, 0.3) is 0 Å². The van der Waals surface area contributed by atoms with Gasteiger partial charge in [-0.3, -0.25) is 9.59 Å². The van der Waals surface area contributed by atoms with Gasteiger partial charge in [-0.1, -0.05) is 31.5 Å². The second-order valence-electron chi connectivity index (χ2n) is 4.90. The van der Waals surface area contributed by atoms with Crippen molar-refractivity contribution >= 4 is 17.5 Å². The molecule has 0 N–H and O–H groups in total. The molecule has 110 valence electrons. The van der Waals surface area contributed by atoms with E-state index in [-0.39, 0.29) is 11.8 Å². The first-order valence-corrected chi connectivity index (χ1v) is 7.13. The van der Waals surface area contributed by atoms with E-state index >= 15 is 0 Å². The van der Waals surface area contributed by atoms with Crippen molar-refractivity contribution < 1.29 is 9.59 Å². The van der Waals surface area contributed by atoms with Crippen LogP contribution in [0.3, 0.4) is 0 Å². The molecular formula is C16H24N2O2. The summed E-state index contributed by atoms with van der Waals surface area (Å²) in [4.78, 5) is 27.0. The number of rotatable bonds is 7. The van der Waals surface area contributed by atoms with Crippen molar-refractivity contribution in [1.82, 2.24) is 4.90 Å². The SMILES string of the molecule is CCCCN(CCC(=O)N(C)c1ccccc1)C(C)=O. The highest BCUT2D eigenvalue weighted by Crippen LogP contribution is 2.12. The molecule has 0 aliphatic heterocycles. The molecule has 0 aliphatic rings. The number of para-hydroxylation sites is 1. The van der Waals surface area contributed by atoms with Crippen LogP contribution in [0.1, 0.15) is 33.1 Å². The molecule has 1 rings (SSSR count). The standard InChI is InChI=1S/C16H24N2O2/c1-4-5-12-18(14(2)19)13-11-16(20)17(3)15-9-7-6-8-10-15/h6-10H,4-5,11-13H2,1-3H3. The number of carbonyl (C=O) groups is 2. The minimum absolute atomic E-state index is 0.0268. The number of nitrogens with zero attached hydrogens (tertiary/aromatic N) is 2. The van der Waals surface area contributed by atoms with Crippen LogP contribution in [-0.4, -0.2) is 36.9 Å². The van der Waals surface area contributed by atoms with Gasteiger partial charge >= 0.3 is 0 Å². The maximum atomic E-state index is 12.1. The van der Waals surface area contributed by atoms with Crippen LogP contribution in [-0.2, 0) is 9.59 Å². The van der Waals surface area contributed by atoms with E-state index < -0.39 is 0 Å². The van der Waals surface area contributed by atoms with E-state index in [2.05, 4.69) is 6.92 Å². The molecule has 4 heteroatoms. The van der Waals surface area contributed by atoms with Crippen LogP contribution in [0.25, 0.3) is 0 Å². The second-order valence-corrected chi connectivity index (χ2v) is 4.90. The van der Waals surface area contributed by atoms with Crippen LogP contribution in [0.15, 0.2) is 30.3 Å². The third-order valence-corrected chi connectivity index (χ3v) is 3.34. The Bertz CT molecular complexity index is 431. The van der Waals surface area contributed by atoms with Crippen LogP contribution >= 0.6 is 0 Å². The molecule has 0 atom stereocenters. The van der Waals surface area contributed by atoms with Gasteiger partial charge in [-0.15, -0.1) is 0 Å². The summed E-state index contributed by atoms with van der Waals surface area (Å²) in [5.41, 5.74) is 0.875. The Labute approximate surface area is 121 Å². The van der Waals surface area contributed by atoms with Gasteiger partial charge in [0, 0.05) is 39.2 Å². The summed E-state index contributed by atoms with van der Waals surface area (Å²) < 4.78 is 0. The van der Waals surface area contributed by atoms with Crippen molar-refractivity contribution in [3.63, 3.8) is 0 Å². The Morgan fingerprint density at radius 2 is 1.75 bits per heavy atom. The highest BCUT2D eigenvalue weighted by atomic mass is 16.2. The Morgan fingerprint density at radius 3 is 2.30 bits per heavy atom. The molecule has 0 saturated carbocycles. The molecule has 0 aliphatic carbocycles. The Kier molecular flexibility index (Phi) is 6.77. The van der Waals surface area contributed by atoms with Gasteiger partial charge in [0.15, 0.2) is 0 Å². The van der Waals surface area contributed by atoms with Crippen molar-refractivity contribution in [3.05, 3.63) is 30.3 Å². The first kappa shape index (κ1) is 16.2. The predicted molar refractivity (Wildman–Crippen MR) is 81.6 cm³/mol. The lowest BCUT2D eigenvalue weighted by atomic mass is 10.2. The Balaban J connectivity index is 2.50. The van der Waals surface area contributed by atoms with Crippen molar-refractivity contribution in [2.24, 2.45) is 0 Å². The topological polar surface area (TPSA) is 40.6 Å². The quantitative estimate of drug-likeness (QED) is 0.768. The van der Waals surface area contributed by atoms with Gasteiger partial charge in [0.2, 0.25) is 11.8 Å². The summed E-state index contributed by atoms with van der Waals surface area (Å²) in [5, 5.41) is 0. The fourth-order valence-corrected chi connectivity index (χ4v) is 1.97. The van der Waals surface area contributed by atoms with Crippen molar-refractivity contribution in [2.75, 3.05) is 25.0 Å². The third-order valence-electron chi connectivity index (χ3n) is 3.34. The average Bonchev–Trinajstić information content (AvgIpc) is 2.46. The zero-order valence-electron chi connectivity index (χ0n) is 12.6. The lowest BCUT2D eigenvalue weighted by molar-refractivity contribution is -0.129. The molecular weight excluding hydrogens is 252 g/mol. The van der Waals surface area contributed by atoms with Crippen molar-refractivity contribution in [2.45, 2.75) is 33.1 Å². The molecule has 0 bridgehead atoms. The monoisotopic (exact) mass is 276 g/mol. The zero-order valence-corrected chi connectivity index (χ0v) is 12.6. The number of unbranched alkanes of at least 4 members (excludes halogenated alkanes) is 1. The summed E-state index contributed by atoms with van der Waals surface area (Å²) in [6.45, 7) is 4.87. The molecule has 0 heterocycles. The Morgan fingerprint density at radius 1 is 1.10 bits per heavy atom. The molecule has 0 spiro atoms. The highest BCUT2D eigenvalue weighted by molar-refractivity contribution is 5.93. The average molecular weight is 276 g/mol. The molecule has 2 amide bonds.